The van der Waals surface area contributed by atoms with Gasteiger partial charge >= 0.3 is 0 Å². The Morgan fingerprint density at radius 3 is 1.78 bits per heavy atom. The van der Waals surface area contributed by atoms with E-state index in [2.05, 4.69) is 121 Å². The molecule has 0 atom stereocenters. The zero-order valence-corrected chi connectivity index (χ0v) is 17.8. The summed E-state index contributed by atoms with van der Waals surface area (Å²) in [7, 11) is 2.16. The number of fused-ring (bicyclic) bond motifs is 2. The smallest absolute Gasteiger partial charge is 0.0488 e. The summed E-state index contributed by atoms with van der Waals surface area (Å²) >= 11 is 0. The summed E-state index contributed by atoms with van der Waals surface area (Å²) in [5.74, 6) is 0. The lowest BCUT2D eigenvalue weighted by molar-refractivity contribution is 1.17. The Morgan fingerprint density at radius 2 is 1.09 bits per heavy atom. The molecule has 0 bridgehead atoms. The second-order valence-corrected chi connectivity index (χ2v) is 8.66. The second-order valence-electron chi connectivity index (χ2n) is 8.66. The standard InChI is InChI=1S/C31H21N/c1-32-28-11-4-2-9-25(28)27(26-10-3-5-12-29(26)32)19-23-16-15-22-14-13-20-7-6-8-21-17-18-24(23)31(22)30(20)21/h2-19H,1H3. The van der Waals surface area contributed by atoms with Crippen LogP contribution in [0.2, 0.25) is 0 Å². The first-order chi connectivity index (χ1) is 15.8. The van der Waals surface area contributed by atoms with E-state index < -0.39 is 0 Å². The molecule has 0 saturated carbocycles. The molecule has 0 unspecified atom stereocenters. The van der Waals surface area contributed by atoms with Crippen LogP contribution in [0.3, 0.4) is 0 Å². The molecular formula is C31H21N. The van der Waals surface area contributed by atoms with Crippen molar-refractivity contribution < 1.29 is 0 Å². The van der Waals surface area contributed by atoms with Crippen LogP contribution in [0.5, 0.6) is 0 Å². The highest BCUT2D eigenvalue weighted by atomic mass is 15.1. The van der Waals surface area contributed by atoms with Crippen molar-refractivity contribution in [3.63, 3.8) is 0 Å². The van der Waals surface area contributed by atoms with E-state index in [1.807, 2.05) is 0 Å². The van der Waals surface area contributed by atoms with Crippen LogP contribution in [-0.4, -0.2) is 7.05 Å². The van der Waals surface area contributed by atoms with Crippen molar-refractivity contribution in [2.45, 2.75) is 0 Å². The first-order valence-electron chi connectivity index (χ1n) is 11.1. The van der Waals surface area contributed by atoms with Gasteiger partial charge in [-0.05, 0) is 61.7 Å². The van der Waals surface area contributed by atoms with Gasteiger partial charge in [-0.15, -0.1) is 0 Å². The molecule has 32 heavy (non-hydrogen) atoms. The van der Waals surface area contributed by atoms with Crippen molar-refractivity contribution in [2.24, 2.45) is 0 Å². The predicted octanol–water partition coefficient (Wildman–Crippen LogP) is 8.25. The quantitative estimate of drug-likeness (QED) is 0.248. The van der Waals surface area contributed by atoms with Crippen LogP contribution < -0.4 is 4.90 Å². The Kier molecular flexibility index (Phi) is 3.54. The van der Waals surface area contributed by atoms with Crippen LogP contribution in [0.25, 0.3) is 44.0 Å². The molecule has 1 heteroatoms. The van der Waals surface area contributed by atoms with Crippen LogP contribution in [-0.2, 0) is 0 Å². The molecule has 6 aromatic carbocycles. The van der Waals surface area contributed by atoms with Gasteiger partial charge in [-0.1, -0.05) is 91.0 Å². The third kappa shape index (κ3) is 2.34. The van der Waals surface area contributed by atoms with Crippen LogP contribution in [0.1, 0.15) is 16.7 Å². The third-order valence-electron chi connectivity index (χ3n) is 6.97. The van der Waals surface area contributed by atoms with Gasteiger partial charge in [0.25, 0.3) is 0 Å². The third-order valence-corrected chi connectivity index (χ3v) is 6.97. The van der Waals surface area contributed by atoms with Crippen molar-refractivity contribution >= 4 is 55.3 Å². The summed E-state index contributed by atoms with van der Waals surface area (Å²) in [4.78, 5) is 2.30. The SMILES string of the molecule is CN1c2ccccc2C(=Cc2ccc3ccc4cccc5ccc2c3c45)c2ccccc21. The molecule has 0 fully saturated rings. The molecule has 0 aromatic heterocycles. The maximum absolute atomic E-state index is 2.39. The van der Waals surface area contributed by atoms with E-state index in [1.54, 1.807) is 0 Å². The van der Waals surface area contributed by atoms with E-state index >= 15 is 0 Å². The fraction of sp³-hybridized carbons (Fsp3) is 0.0323. The highest BCUT2D eigenvalue weighted by molar-refractivity contribution is 6.24. The Balaban J connectivity index is 1.57. The van der Waals surface area contributed by atoms with Crippen molar-refractivity contribution in [2.75, 3.05) is 11.9 Å². The molecule has 0 saturated heterocycles. The van der Waals surface area contributed by atoms with Gasteiger partial charge in [0.1, 0.15) is 0 Å². The molecule has 0 radical (unpaired) electrons. The van der Waals surface area contributed by atoms with Gasteiger partial charge < -0.3 is 4.90 Å². The van der Waals surface area contributed by atoms with Gasteiger partial charge in [0, 0.05) is 29.5 Å². The molecule has 0 amide bonds. The first kappa shape index (κ1) is 17.6. The van der Waals surface area contributed by atoms with Gasteiger partial charge in [-0.3, -0.25) is 0 Å². The van der Waals surface area contributed by atoms with Gasteiger partial charge in [-0.25, -0.2) is 0 Å². The van der Waals surface area contributed by atoms with Gasteiger partial charge in [0.05, 0.1) is 0 Å². The molecule has 0 spiro atoms. The minimum atomic E-state index is 1.25. The summed E-state index contributed by atoms with van der Waals surface area (Å²) in [6, 6.07) is 37.6. The molecule has 0 aliphatic carbocycles. The summed E-state index contributed by atoms with van der Waals surface area (Å²) < 4.78 is 0. The number of hydrogen-bond acceptors (Lipinski definition) is 1. The average molecular weight is 408 g/mol. The number of nitrogens with zero attached hydrogens (tertiary/aromatic N) is 1. The highest BCUT2D eigenvalue weighted by Gasteiger charge is 2.23. The van der Waals surface area contributed by atoms with Crippen LogP contribution in [0, 0.1) is 0 Å². The van der Waals surface area contributed by atoms with E-state index in [9.17, 15) is 0 Å². The fourth-order valence-electron chi connectivity index (χ4n) is 5.46. The number of para-hydroxylation sites is 2. The summed E-state index contributed by atoms with van der Waals surface area (Å²) in [5, 5.41) is 7.96. The summed E-state index contributed by atoms with van der Waals surface area (Å²) in [5.41, 5.74) is 7.59. The predicted molar refractivity (Wildman–Crippen MR) is 138 cm³/mol. The number of benzene rings is 6. The van der Waals surface area contributed by atoms with E-state index in [0.29, 0.717) is 0 Å². The Hall–Kier alpha value is -4.10. The lowest BCUT2D eigenvalue weighted by atomic mass is 9.87. The van der Waals surface area contributed by atoms with Gasteiger partial charge in [0.15, 0.2) is 0 Å². The summed E-state index contributed by atoms with van der Waals surface area (Å²) in [6.07, 6.45) is 2.39. The lowest BCUT2D eigenvalue weighted by Crippen LogP contribution is -2.17. The molecule has 6 aromatic rings. The monoisotopic (exact) mass is 407 g/mol. The minimum Gasteiger partial charge on any atom is -0.344 e. The van der Waals surface area contributed by atoms with Crippen molar-refractivity contribution in [3.05, 3.63) is 120 Å². The van der Waals surface area contributed by atoms with Crippen LogP contribution in [0.4, 0.5) is 11.4 Å². The van der Waals surface area contributed by atoms with Crippen molar-refractivity contribution in [3.8, 4) is 0 Å². The largest absolute Gasteiger partial charge is 0.344 e. The molecule has 150 valence electrons. The van der Waals surface area contributed by atoms with Crippen LogP contribution >= 0.6 is 0 Å². The molecule has 1 nitrogen and oxygen atoms in total. The van der Waals surface area contributed by atoms with Crippen molar-refractivity contribution in [1.29, 1.82) is 0 Å². The molecule has 0 N–H and O–H groups in total. The number of anilines is 2. The zero-order chi connectivity index (χ0) is 21.2. The Morgan fingerprint density at radius 1 is 0.531 bits per heavy atom. The average Bonchev–Trinajstić information content (AvgIpc) is 2.86. The maximum Gasteiger partial charge on any atom is 0.0488 e. The van der Waals surface area contributed by atoms with Crippen LogP contribution in [0.15, 0.2) is 103 Å². The van der Waals surface area contributed by atoms with Gasteiger partial charge in [0.2, 0.25) is 0 Å². The fourth-order valence-corrected chi connectivity index (χ4v) is 5.46. The topological polar surface area (TPSA) is 3.24 Å². The van der Waals surface area contributed by atoms with E-state index in [1.165, 1.54) is 66.0 Å². The molecule has 1 heterocycles. The lowest BCUT2D eigenvalue weighted by Gasteiger charge is -2.32. The highest BCUT2D eigenvalue weighted by Crippen LogP contribution is 2.45. The first-order valence-corrected chi connectivity index (χ1v) is 11.1. The van der Waals surface area contributed by atoms with E-state index in [0.717, 1.165) is 0 Å². The summed E-state index contributed by atoms with van der Waals surface area (Å²) in [6.45, 7) is 0. The molecule has 1 aliphatic heterocycles. The van der Waals surface area contributed by atoms with Gasteiger partial charge in [-0.2, -0.15) is 0 Å². The molecule has 1 aliphatic rings. The Labute approximate surface area is 187 Å². The molecular weight excluding hydrogens is 386 g/mol. The minimum absolute atomic E-state index is 1.25. The second kappa shape index (κ2) is 6.45. The van der Waals surface area contributed by atoms with Crippen molar-refractivity contribution in [1.82, 2.24) is 0 Å². The zero-order valence-electron chi connectivity index (χ0n) is 17.8. The maximum atomic E-state index is 2.39. The normalized spacial score (nSPS) is 13.0. The van der Waals surface area contributed by atoms with E-state index in [4.69, 9.17) is 0 Å². The Bertz CT molecular complexity index is 1620. The number of hydrogen-bond donors (Lipinski definition) is 0. The molecule has 7 rings (SSSR count). The number of rotatable bonds is 1. The van der Waals surface area contributed by atoms with E-state index in [-0.39, 0.29) is 0 Å².